The predicted molar refractivity (Wildman–Crippen MR) is 75.7 cm³/mol. The van der Waals surface area contributed by atoms with Crippen molar-refractivity contribution in [1.29, 1.82) is 0 Å². The Bertz CT molecular complexity index is 543. The third kappa shape index (κ3) is 2.84. The van der Waals surface area contributed by atoms with E-state index in [1.165, 1.54) is 0 Å². The van der Waals surface area contributed by atoms with E-state index in [9.17, 15) is 13.5 Å². The molecule has 1 fully saturated rings. The van der Waals surface area contributed by atoms with E-state index in [0.717, 1.165) is 12.0 Å². The van der Waals surface area contributed by atoms with Crippen LogP contribution in [0, 0.1) is 18.3 Å². The Morgan fingerprint density at radius 2 is 1.79 bits per heavy atom. The molecule has 1 aromatic rings. The molecule has 3 nitrogen and oxygen atoms in total. The van der Waals surface area contributed by atoms with Gasteiger partial charge in [0.2, 0.25) is 0 Å². The molecule has 1 saturated carbocycles. The molecule has 0 unspecified atom stereocenters. The van der Waals surface area contributed by atoms with Gasteiger partial charge in [0.05, 0.1) is 16.8 Å². The molecule has 0 amide bonds. The summed E-state index contributed by atoms with van der Waals surface area (Å²) >= 11 is 0. The lowest BCUT2D eigenvalue weighted by molar-refractivity contribution is 0.0596. The average molecular weight is 282 g/mol. The highest BCUT2D eigenvalue weighted by Crippen LogP contribution is 2.44. The minimum Gasteiger partial charge on any atom is -0.393 e. The van der Waals surface area contributed by atoms with Gasteiger partial charge in [0, 0.05) is 0 Å². The van der Waals surface area contributed by atoms with Crippen molar-refractivity contribution in [2.75, 3.05) is 5.75 Å². The first-order valence-electron chi connectivity index (χ1n) is 6.71. The number of hydrogen-bond donors (Lipinski definition) is 1. The second-order valence-corrected chi connectivity index (χ2v) is 8.24. The van der Waals surface area contributed by atoms with Crippen molar-refractivity contribution in [1.82, 2.24) is 0 Å². The summed E-state index contributed by atoms with van der Waals surface area (Å²) < 4.78 is 24.8. The van der Waals surface area contributed by atoms with Gasteiger partial charge in [-0.3, -0.25) is 0 Å². The zero-order valence-electron chi connectivity index (χ0n) is 11.8. The van der Waals surface area contributed by atoms with Crippen molar-refractivity contribution in [2.24, 2.45) is 11.3 Å². The second kappa shape index (κ2) is 4.91. The molecule has 1 aliphatic carbocycles. The Labute approximate surface area is 115 Å². The maximum Gasteiger partial charge on any atom is 0.178 e. The van der Waals surface area contributed by atoms with E-state index >= 15 is 0 Å². The largest absolute Gasteiger partial charge is 0.393 e. The van der Waals surface area contributed by atoms with E-state index in [0.29, 0.717) is 11.3 Å². The molecule has 0 spiro atoms. The summed E-state index contributed by atoms with van der Waals surface area (Å²) in [7, 11) is -3.27. The number of benzene rings is 1. The molecule has 0 saturated heterocycles. The lowest BCUT2D eigenvalue weighted by atomic mass is 9.81. The number of aliphatic hydroxyl groups is 1. The Kier molecular flexibility index (Phi) is 3.76. The van der Waals surface area contributed by atoms with Crippen molar-refractivity contribution < 1.29 is 13.5 Å². The number of aryl methyl sites for hydroxylation is 1. The fraction of sp³-hybridized carbons (Fsp3) is 0.600. The molecule has 4 heteroatoms. The summed E-state index contributed by atoms with van der Waals surface area (Å²) in [6.07, 6.45) is 1.08. The summed E-state index contributed by atoms with van der Waals surface area (Å²) in [6, 6.07) is 6.98. The fourth-order valence-electron chi connectivity index (χ4n) is 2.78. The highest BCUT2D eigenvalue weighted by molar-refractivity contribution is 7.91. The first-order valence-corrected chi connectivity index (χ1v) is 8.36. The van der Waals surface area contributed by atoms with Gasteiger partial charge in [0.1, 0.15) is 0 Å². The van der Waals surface area contributed by atoms with Crippen molar-refractivity contribution in [3.8, 4) is 0 Å². The zero-order valence-corrected chi connectivity index (χ0v) is 12.6. The van der Waals surface area contributed by atoms with Gasteiger partial charge >= 0.3 is 0 Å². The SMILES string of the molecule is Cc1ccc(S(=O)(=O)C[C@H]2CC[C@@H](O)C2(C)C)cc1. The van der Waals surface area contributed by atoms with E-state index in [1.54, 1.807) is 12.1 Å². The molecule has 0 aromatic heterocycles. The quantitative estimate of drug-likeness (QED) is 0.927. The number of rotatable bonds is 3. The van der Waals surface area contributed by atoms with E-state index in [1.807, 2.05) is 32.9 Å². The Hall–Kier alpha value is -0.870. The highest BCUT2D eigenvalue weighted by Gasteiger charge is 2.44. The van der Waals surface area contributed by atoms with Gasteiger partial charge in [-0.05, 0) is 43.2 Å². The molecular weight excluding hydrogens is 260 g/mol. The van der Waals surface area contributed by atoms with Gasteiger partial charge in [-0.25, -0.2) is 8.42 Å². The third-order valence-electron chi connectivity index (χ3n) is 4.50. The Morgan fingerprint density at radius 1 is 1.21 bits per heavy atom. The predicted octanol–water partition coefficient (Wildman–Crippen LogP) is 2.57. The molecule has 0 heterocycles. The Morgan fingerprint density at radius 3 is 2.26 bits per heavy atom. The minimum atomic E-state index is -3.27. The van der Waals surface area contributed by atoms with Crippen LogP contribution in [-0.2, 0) is 9.84 Å². The maximum atomic E-state index is 12.4. The van der Waals surface area contributed by atoms with Crippen molar-refractivity contribution in [3.63, 3.8) is 0 Å². The molecule has 2 atom stereocenters. The van der Waals surface area contributed by atoms with Gasteiger partial charge in [-0.2, -0.15) is 0 Å². The maximum absolute atomic E-state index is 12.4. The van der Waals surface area contributed by atoms with Gasteiger partial charge in [0.15, 0.2) is 9.84 Å². The molecular formula is C15H22O3S. The van der Waals surface area contributed by atoms with E-state index in [2.05, 4.69) is 0 Å². The monoisotopic (exact) mass is 282 g/mol. The molecule has 19 heavy (non-hydrogen) atoms. The highest BCUT2D eigenvalue weighted by atomic mass is 32.2. The molecule has 2 rings (SSSR count). The summed E-state index contributed by atoms with van der Waals surface area (Å²) in [5.41, 5.74) is 0.730. The van der Waals surface area contributed by atoms with Crippen LogP contribution in [0.15, 0.2) is 29.2 Å². The van der Waals surface area contributed by atoms with E-state index in [-0.39, 0.29) is 17.1 Å². The van der Waals surface area contributed by atoms with Crippen LogP contribution in [0.5, 0.6) is 0 Å². The topological polar surface area (TPSA) is 54.4 Å². The summed E-state index contributed by atoms with van der Waals surface area (Å²) in [5, 5.41) is 9.94. The zero-order chi connectivity index (χ0) is 14.3. The summed E-state index contributed by atoms with van der Waals surface area (Å²) in [6.45, 7) is 5.85. The van der Waals surface area contributed by atoms with Crippen LogP contribution in [-0.4, -0.2) is 25.4 Å². The standard InChI is InChI=1S/C15H22O3S/c1-11-4-7-13(8-5-11)19(17,18)10-12-6-9-14(16)15(12,2)3/h4-5,7-8,12,14,16H,6,9-10H2,1-3H3/t12-,14-/m1/s1. The molecule has 106 valence electrons. The molecule has 0 bridgehead atoms. The lowest BCUT2D eigenvalue weighted by Crippen LogP contribution is -2.32. The normalized spacial score (nSPS) is 26.5. The molecule has 1 aromatic carbocycles. The van der Waals surface area contributed by atoms with Crippen LogP contribution in [0.1, 0.15) is 32.3 Å². The van der Waals surface area contributed by atoms with Crippen molar-refractivity contribution in [2.45, 2.75) is 44.6 Å². The number of sulfone groups is 1. The van der Waals surface area contributed by atoms with Crippen LogP contribution >= 0.6 is 0 Å². The first-order chi connectivity index (χ1) is 8.73. The molecule has 1 N–H and O–H groups in total. The first kappa shape index (κ1) is 14.5. The van der Waals surface area contributed by atoms with Crippen LogP contribution in [0.2, 0.25) is 0 Å². The second-order valence-electron chi connectivity index (χ2n) is 6.21. The van der Waals surface area contributed by atoms with Crippen molar-refractivity contribution >= 4 is 9.84 Å². The molecule has 0 radical (unpaired) electrons. The average Bonchev–Trinajstić information content (AvgIpc) is 2.56. The van der Waals surface area contributed by atoms with E-state index in [4.69, 9.17) is 0 Å². The van der Waals surface area contributed by atoms with Gasteiger partial charge < -0.3 is 5.11 Å². The minimum absolute atomic E-state index is 0.0220. The van der Waals surface area contributed by atoms with Gasteiger partial charge in [-0.15, -0.1) is 0 Å². The smallest absolute Gasteiger partial charge is 0.178 e. The summed E-state index contributed by atoms with van der Waals surface area (Å²) in [4.78, 5) is 0.385. The Balaban J connectivity index is 2.21. The number of aliphatic hydroxyl groups excluding tert-OH is 1. The fourth-order valence-corrected chi connectivity index (χ4v) is 4.65. The lowest BCUT2D eigenvalue weighted by Gasteiger charge is -2.29. The van der Waals surface area contributed by atoms with Crippen LogP contribution < -0.4 is 0 Å². The van der Waals surface area contributed by atoms with Crippen LogP contribution in [0.3, 0.4) is 0 Å². The molecule has 0 aliphatic heterocycles. The van der Waals surface area contributed by atoms with Crippen LogP contribution in [0.25, 0.3) is 0 Å². The van der Waals surface area contributed by atoms with Crippen molar-refractivity contribution in [3.05, 3.63) is 29.8 Å². The van der Waals surface area contributed by atoms with Crippen LogP contribution in [0.4, 0.5) is 0 Å². The third-order valence-corrected chi connectivity index (χ3v) is 6.33. The van der Waals surface area contributed by atoms with Gasteiger partial charge in [0.25, 0.3) is 0 Å². The molecule has 1 aliphatic rings. The van der Waals surface area contributed by atoms with Gasteiger partial charge in [-0.1, -0.05) is 31.5 Å². The summed E-state index contributed by atoms with van der Waals surface area (Å²) in [5.74, 6) is 0.147. The number of hydrogen-bond acceptors (Lipinski definition) is 3. The van der Waals surface area contributed by atoms with E-state index < -0.39 is 15.9 Å².